The van der Waals surface area contributed by atoms with Crippen LogP contribution < -0.4 is 10.1 Å². The number of amides is 1. The summed E-state index contributed by atoms with van der Waals surface area (Å²) in [4.78, 5) is 11.9. The van der Waals surface area contributed by atoms with Crippen molar-refractivity contribution in [3.05, 3.63) is 53.6 Å². The van der Waals surface area contributed by atoms with E-state index in [-0.39, 0.29) is 23.0 Å². The van der Waals surface area contributed by atoms with Crippen molar-refractivity contribution in [1.29, 1.82) is 0 Å². The Labute approximate surface area is 116 Å². The van der Waals surface area contributed by atoms with Gasteiger partial charge in [-0.15, -0.1) is 0 Å². The third-order valence-electron chi connectivity index (χ3n) is 2.75. The third-order valence-corrected chi connectivity index (χ3v) is 2.75. The molecule has 3 N–H and O–H groups in total. The van der Waals surface area contributed by atoms with E-state index in [1.807, 2.05) is 24.3 Å². The van der Waals surface area contributed by atoms with E-state index in [1.54, 1.807) is 7.11 Å². The Kier molecular flexibility index (Phi) is 4.10. The molecule has 0 radical (unpaired) electrons. The molecule has 0 saturated carbocycles. The van der Waals surface area contributed by atoms with E-state index in [1.165, 1.54) is 18.2 Å². The fourth-order valence-electron chi connectivity index (χ4n) is 1.79. The maximum absolute atomic E-state index is 11.9. The summed E-state index contributed by atoms with van der Waals surface area (Å²) in [6.45, 7) is 0.326. The minimum absolute atomic E-state index is 0.156. The number of ether oxygens (including phenoxy) is 1. The van der Waals surface area contributed by atoms with Crippen molar-refractivity contribution in [1.82, 2.24) is 5.32 Å². The maximum atomic E-state index is 11.9. The first kappa shape index (κ1) is 13.7. The Morgan fingerprint density at radius 3 is 2.50 bits per heavy atom. The summed E-state index contributed by atoms with van der Waals surface area (Å²) in [5.74, 6) is 0.0267. The van der Waals surface area contributed by atoms with Gasteiger partial charge in [0.2, 0.25) is 0 Å². The van der Waals surface area contributed by atoms with E-state index in [4.69, 9.17) is 4.74 Å². The minimum Gasteiger partial charge on any atom is -0.508 e. The largest absolute Gasteiger partial charge is 0.508 e. The number of methoxy groups -OCH3 is 1. The van der Waals surface area contributed by atoms with Crippen molar-refractivity contribution in [3.8, 4) is 17.2 Å². The van der Waals surface area contributed by atoms with Crippen LogP contribution in [0.2, 0.25) is 0 Å². The molecule has 0 aromatic heterocycles. The SMILES string of the molecule is COc1cccc(CNC(=O)c2cc(O)cc(O)c2)c1. The number of rotatable bonds is 4. The van der Waals surface area contributed by atoms with E-state index in [2.05, 4.69) is 5.32 Å². The lowest BCUT2D eigenvalue weighted by atomic mass is 10.1. The van der Waals surface area contributed by atoms with Crippen molar-refractivity contribution in [2.45, 2.75) is 6.54 Å². The summed E-state index contributed by atoms with van der Waals surface area (Å²) in [6.07, 6.45) is 0. The summed E-state index contributed by atoms with van der Waals surface area (Å²) in [5.41, 5.74) is 1.09. The van der Waals surface area contributed by atoms with Gasteiger partial charge in [0.15, 0.2) is 0 Å². The Hall–Kier alpha value is -2.69. The lowest BCUT2D eigenvalue weighted by Crippen LogP contribution is -2.22. The predicted octanol–water partition coefficient (Wildman–Crippen LogP) is 2.04. The number of carbonyl (C=O) groups is 1. The van der Waals surface area contributed by atoms with Crippen LogP contribution in [0.4, 0.5) is 0 Å². The zero-order chi connectivity index (χ0) is 14.5. The summed E-state index contributed by atoms with van der Waals surface area (Å²) in [6, 6.07) is 11.1. The quantitative estimate of drug-likeness (QED) is 0.796. The number of benzene rings is 2. The Balaban J connectivity index is 2.04. The molecule has 0 atom stereocenters. The van der Waals surface area contributed by atoms with Crippen LogP contribution >= 0.6 is 0 Å². The summed E-state index contributed by atoms with van der Waals surface area (Å²) >= 11 is 0. The molecule has 0 aliphatic rings. The molecule has 0 fully saturated rings. The molecule has 104 valence electrons. The van der Waals surface area contributed by atoms with Gasteiger partial charge in [0.1, 0.15) is 17.2 Å². The van der Waals surface area contributed by atoms with Crippen molar-refractivity contribution in [2.75, 3.05) is 7.11 Å². The van der Waals surface area contributed by atoms with Crippen molar-refractivity contribution < 1.29 is 19.7 Å². The molecule has 0 unspecified atom stereocenters. The highest BCUT2D eigenvalue weighted by Gasteiger charge is 2.08. The highest BCUT2D eigenvalue weighted by atomic mass is 16.5. The van der Waals surface area contributed by atoms with Crippen LogP contribution in [0.1, 0.15) is 15.9 Å². The van der Waals surface area contributed by atoms with Gasteiger partial charge in [-0.1, -0.05) is 12.1 Å². The molecule has 20 heavy (non-hydrogen) atoms. The number of phenols is 2. The molecule has 2 aromatic carbocycles. The van der Waals surface area contributed by atoms with E-state index >= 15 is 0 Å². The molecule has 0 bridgehead atoms. The second-order valence-electron chi connectivity index (χ2n) is 4.27. The van der Waals surface area contributed by atoms with Crippen molar-refractivity contribution in [2.24, 2.45) is 0 Å². The van der Waals surface area contributed by atoms with E-state index in [0.29, 0.717) is 12.3 Å². The average Bonchev–Trinajstić information content (AvgIpc) is 2.44. The van der Waals surface area contributed by atoms with Gasteiger partial charge in [-0.25, -0.2) is 0 Å². The molecule has 1 amide bonds. The van der Waals surface area contributed by atoms with E-state index in [9.17, 15) is 15.0 Å². The smallest absolute Gasteiger partial charge is 0.251 e. The first-order valence-corrected chi connectivity index (χ1v) is 6.02. The first-order chi connectivity index (χ1) is 9.58. The summed E-state index contributed by atoms with van der Waals surface area (Å²) < 4.78 is 5.10. The normalized spacial score (nSPS) is 10.1. The van der Waals surface area contributed by atoms with Gasteiger partial charge < -0.3 is 20.3 Å². The molecule has 2 aromatic rings. The van der Waals surface area contributed by atoms with Crippen LogP contribution in [0, 0.1) is 0 Å². The minimum atomic E-state index is -0.376. The third kappa shape index (κ3) is 3.41. The van der Waals surface area contributed by atoms with Gasteiger partial charge in [0.05, 0.1) is 7.11 Å². The van der Waals surface area contributed by atoms with Gasteiger partial charge in [-0.3, -0.25) is 4.79 Å². The number of nitrogens with one attached hydrogen (secondary N) is 1. The standard InChI is InChI=1S/C15H15NO4/c1-20-14-4-2-3-10(5-14)9-16-15(19)11-6-12(17)8-13(18)7-11/h2-8,17-18H,9H2,1H3,(H,16,19). The van der Waals surface area contributed by atoms with Gasteiger partial charge in [-0.05, 0) is 29.8 Å². The maximum Gasteiger partial charge on any atom is 0.251 e. The van der Waals surface area contributed by atoms with Crippen LogP contribution in [-0.4, -0.2) is 23.2 Å². The van der Waals surface area contributed by atoms with E-state index < -0.39 is 0 Å². The highest BCUT2D eigenvalue weighted by Crippen LogP contribution is 2.20. The molecular weight excluding hydrogens is 258 g/mol. The fraction of sp³-hybridized carbons (Fsp3) is 0.133. The summed E-state index contributed by atoms with van der Waals surface area (Å²) in [7, 11) is 1.58. The predicted molar refractivity (Wildman–Crippen MR) is 73.9 cm³/mol. The molecule has 5 nitrogen and oxygen atoms in total. The molecule has 0 spiro atoms. The van der Waals surface area contributed by atoms with Crippen LogP contribution in [0.15, 0.2) is 42.5 Å². The topological polar surface area (TPSA) is 78.8 Å². The molecule has 0 aliphatic carbocycles. The van der Waals surface area contributed by atoms with Crippen LogP contribution in [0.25, 0.3) is 0 Å². The fourth-order valence-corrected chi connectivity index (χ4v) is 1.79. The number of hydrogen-bond acceptors (Lipinski definition) is 4. The monoisotopic (exact) mass is 273 g/mol. The first-order valence-electron chi connectivity index (χ1n) is 6.02. The van der Waals surface area contributed by atoms with Crippen LogP contribution in [0.5, 0.6) is 17.2 Å². The van der Waals surface area contributed by atoms with Crippen LogP contribution in [0.3, 0.4) is 0 Å². The summed E-state index contributed by atoms with van der Waals surface area (Å²) in [5, 5.41) is 21.4. The number of aromatic hydroxyl groups is 2. The number of phenolic OH excluding ortho intramolecular Hbond substituents is 2. The Morgan fingerprint density at radius 2 is 1.85 bits per heavy atom. The molecule has 2 rings (SSSR count). The van der Waals surface area contributed by atoms with E-state index in [0.717, 1.165) is 5.56 Å². The highest BCUT2D eigenvalue weighted by molar-refractivity contribution is 5.95. The lowest BCUT2D eigenvalue weighted by Gasteiger charge is -2.07. The second kappa shape index (κ2) is 5.97. The second-order valence-corrected chi connectivity index (χ2v) is 4.27. The molecular formula is C15H15NO4. The molecule has 0 aliphatic heterocycles. The van der Waals surface area contributed by atoms with Gasteiger partial charge in [0.25, 0.3) is 5.91 Å². The van der Waals surface area contributed by atoms with Crippen molar-refractivity contribution >= 4 is 5.91 Å². The van der Waals surface area contributed by atoms with Gasteiger partial charge >= 0.3 is 0 Å². The van der Waals surface area contributed by atoms with Gasteiger partial charge in [0, 0.05) is 18.2 Å². The Morgan fingerprint density at radius 1 is 1.15 bits per heavy atom. The molecule has 5 heteroatoms. The van der Waals surface area contributed by atoms with Crippen LogP contribution in [-0.2, 0) is 6.54 Å². The zero-order valence-electron chi connectivity index (χ0n) is 11.0. The molecule has 0 heterocycles. The number of hydrogen-bond donors (Lipinski definition) is 3. The average molecular weight is 273 g/mol. The molecule has 0 saturated heterocycles. The lowest BCUT2D eigenvalue weighted by molar-refractivity contribution is 0.0950. The number of carbonyl (C=O) groups excluding carboxylic acids is 1. The van der Waals surface area contributed by atoms with Crippen molar-refractivity contribution in [3.63, 3.8) is 0 Å². The Bertz CT molecular complexity index is 605. The van der Waals surface area contributed by atoms with Gasteiger partial charge in [-0.2, -0.15) is 0 Å². The zero-order valence-corrected chi connectivity index (χ0v) is 11.0.